The normalized spacial score (nSPS) is 17.6. The zero-order valence-corrected chi connectivity index (χ0v) is 14.1. The molecule has 128 valence electrons. The first-order valence-electron chi connectivity index (χ1n) is 8.56. The summed E-state index contributed by atoms with van der Waals surface area (Å²) in [4.78, 5) is 31.9. The highest BCUT2D eigenvalue weighted by Gasteiger charge is 2.32. The van der Waals surface area contributed by atoms with Crippen LogP contribution in [0.3, 0.4) is 0 Å². The van der Waals surface area contributed by atoms with E-state index in [2.05, 4.69) is 20.6 Å². The number of carbonyl (C=O) groups is 2. The number of nitrogens with zero attached hydrogens (tertiary/aromatic N) is 1. The lowest BCUT2D eigenvalue weighted by atomic mass is 9.97. The van der Waals surface area contributed by atoms with Crippen LogP contribution in [0.15, 0.2) is 24.3 Å². The largest absolute Gasteiger partial charge is 0.345 e. The second-order valence-electron chi connectivity index (χ2n) is 6.59. The van der Waals surface area contributed by atoms with E-state index in [1.165, 1.54) is 6.92 Å². The Hall–Kier alpha value is -2.37. The zero-order chi connectivity index (χ0) is 17.1. The summed E-state index contributed by atoms with van der Waals surface area (Å²) >= 11 is 0. The molecule has 24 heavy (non-hydrogen) atoms. The molecule has 0 aliphatic heterocycles. The van der Waals surface area contributed by atoms with E-state index in [9.17, 15) is 9.59 Å². The third kappa shape index (κ3) is 3.58. The van der Waals surface area contributed by atoms with Crippen LogP contribution < -0.4 is 10.6 Å². The minimum absolute atomic E-state index is 0.134. The monoisotopic (exact) mass is 328 g/mol. The van der Waals surface area contributed by atoms with Gasteiger partial charge in [-0.25, -0.2) is 4.98 Å². The van der Waals surface area contributed by atoms with E-state index >= 15 is 0 Å². The Morgan fingerprint density at radius 1 is 1.21 bits per heavy atom. The summed E-state index contributed by atoms with van der Waals surface area (Å²) in [5.41, 5.74) is 1.82. The quantitative estimate of drug-likeness (QED) is 0.788. The van der Waals surface area contributed by atoms with Gasteiger partial charge >= 0.3 is 0 Å². The molecule has 6 nitrogen and oxygen atoms in total. The summed E-state index contributed by atoms with van der Waals surface area (Å²) in [6.45, 7) is 3.35. The standard InChI is InChI=1S/C18H24N4O2/c1-11(17-21-14-9-5-6-10-15(14)22-17)19-18(24)16(20-12(2)23)13-7-3-4-8-13/h5-6,9-11,13,16H,3-4,7-8H2,1-2H3,(H,19,24)(H,20,23)(H,21,22). The van der Waals surface area contributed by atoms with Crippen molar-refractivity contribution < 1.29 is 9.59 Å². The van der Waals surface area contributed by atoms with Crippen LogP contribution >= 0.6 is 0 Å². The second kappa shape index (κ2) is 7.03. The molecule has 1 saturated carbocycles. The number of rotatable bonds is 5. The molecule has 1 aromatic heterocycles. The lowest BCUT2D eigenvalue weighted by Gasteiger charge is -2.24. The number of H-pyrrole nitrogens is 1. The maximum Gasteiger partial charge on any atom is 0.243 e. The van der Waals surface area contributed by atoms with Crippen molar-refractivity contribution in [3.05, 3.63) is 30.1 Å². The fourth-order valence-electron chi connectivity index (χ4n) is 3.46. The molecule has 6 heteroatoms. The molecule has 2 aromatic rings. The van der Waals surface area contributed by atoms with Crippen molar-refractivity contribution in [3.63, 3.8) is 0 Å². The van der Waals surface area contributed by atoms with Crippen molar-refractivity contribution in [2.45, 2.75) is 51.6 Å². The summed E-state index contributed by atoms with van der Waals surface area (Å²) in [7, 11) is 0. The predicted octanol–water partition coefficient (Wildman–Crippen LogP) is 2.43. The van der Waals surface area contributed by atoms with Crippen LogP contribution in [-0.4, -0.2) is 27.8 Å². The summed E-state index contributed by atoms with van der Waals surface area (Å²) in [6, 6.07) is 7.06. The number of para-hydroxylation sites is 2. The van der Waals surface area contributed by atoms with Crippen molar-refractivity contribution in [1.82, 2.24) is 20.6 Å². The molecule has 1 aliphatic carbocycles. The van der Waals surface area contributed by atoms with Crippen molar-refractivity contribution in [2.24, 2.45) is 5.92 Å². The van der Waals surface area contributed by atoms with Gasteiger partial charge in [-0.1, -0.05) is 25.0 Å². The number of aromatic nitrogens is 2. The van der Waals surface area contributed by atoms with E-state index in [0.717, 1.165) is 42.5 Å². The lowest BCUT2D eigenvalue weighted by Crippen LogP contribution is -2.50. The highest BCUT2D eigenvalue weighted by molar-refractivity contribution is 5.87. The molecule has 1 aromatic carbocycles. The van der Waals surface area contributed by atoms with Crippen molar-refractivity contribution >= 4 is 22.8 Å². The maximum absolute atomic E-state index is 12.7. The van der Waals surface area contributed by atoms with Crippen LogP contribution in [0.4, 0.5) is 0 Å². The van der Waals surface area contributed by atoms with Crippen LogP contribution in [0.2, 0.25) is 0 Å². The average molecular weight is 328 g/mol. The molecule has 2 atom stereocenters. The Morgan fingerprint density at radius 2 is 1.92 bits per heavy atom. The topological polar surface area (TPSA) is 86.9 Å². The van der Waals surface area contributed by atoms with Gasteiger partial charge in [0.2, 0.25) is 11.8 Å². The van der Waals surface area contributed by atoms with Gasteiger partial charge < -0.3 is 15.6 Å². The minimum atomic E-state index is -0.461. The van der Waals surface area contributed by atoms with Gasteiger partial charge in [0.25, 0.3) is 0 Å². The Morgan fingerprint density at radius 3 is 2.58 bits per heavy atom. The fourth-order valence-corrected chi connectivity index (χ4v) is 3.46. The molecule has 1 fully saturated rings. The van der Waals surface area contributed by atoms with Gasteiger partial charge in [0.1, 0.15) is 11.9 Å². The minimum Gasteiger partial charge on any atom is -0.345 e. The number of fused-ring (bicyclic) bond motifs is 1. The SMILES string of the molecule is CC(=O)NC(C(=O)NC(C)c1nc2ccccc2[nH]1)C1CCCC1. The lowest BCUT2D eigenvalue weighted by molar-refractivity contribution is -0.129. The van der Waals surface area contributed by atoms with Gasteiger partial charge in [-0.2, -0.15) is 0 Å². The van der Waals surface area contributed by atoms with Crippen LogP contribution in [0.5, 0.6) is 0 Å². The number of imidazole rings is 1. The number of amides is 2. The maximum atomic E-state index is 12.7. The molecule has 3 rings (SSSR count). The fraction of sp³-hybridized carbons (Fsp3) is 0.500. The van der Waals surface area contributed by atoms with Crippen molar-refractivity contribution in [2.75, 3.05) is 0 Å². The smallest absolute Gasteiger partial charge is 0.243 e. The van der Waals surface area contributed by atoms with Gasteiger partial charge in [0, 0.05) is 6.92 Å². The molecule has 0 radical (unpaired) electrons. The molecule has 0 spiro atoms. The van der Waals surface area contributed by atoms with Gasteiger partial charge in [-0.15, -0.1) is 0 Å². The van der Waals surface area contributed by atoms with Gasteiger partial charge in [0.15, 0.2) is 0 Å². The third-order valence-electron chi connectivity index (χ3n) is 4.69. The first-order chi connectivity index (χ1) is 11.5. The van der Waals surface area contributed by atoms with E-state index in [4.69, 9.17) is 0 Å². The predicted molar refractivity (Wildman–Crippen MR) is 92.2 cm³/mol. The molecule has 1 heterocycles. The molecular weight excluding hydrogens is 304 g/mol. The van der Waals surface area contributed by atoms with Gasteiger partial charge in [0.05, 0.1) is 17.1 Å². The number of aromatic amines is 1. The van der Waals surface area contributed by atoms with Crippen LogP contribution in [0.25, 0.3) is 11.0 Å². The molecular formula is C18H24N4O2. The van der Waals surface area contributed by atoms with E-state index in [1.54, 1.807) is 0 Å². The highest BCUT2D eigenvalue weighted by atomic mass is 16.2. The van der Waals surface area contributed by atoms with E-state index in [0.29, 0.717) is 0 Å². The molecule has 1 aliphatic rings. The van der Waals surface area contributed by atoms with Gasteiger partial charge in [-0.05, 0) is 37.8 Å². The van der Waals surface area contributed by atoms with Crippen molar-refractivity contribution in [3.8, 4) is 0 Å². The number of nitrogens with one attached hydrogen (secondary N) is 3. The second-order valence-corrected chi connectivity index (χ2v) is 6.59. The summed E-state index contributed by atoms with van der Waals surface area (Å²) in [5, 5.41) is 5.82. The average Bonchev–Trinajstić information content (AvgIpc) is 3.21. The first-order valence-corrected chi connectivity index (χ1v) is 8.56. The zero-order valence-electron chi connectivity index (χ0n) is 14.1. The van der Waals surface area contributed by atoms with E-state index in [-0.39, 0.29) is 23.8 Å². The molecule has 3 N–H and O–H groups in total. The Kier molecular flexibility index (Phi) is 4.83. The number of hydrogen-bond acceptors (Lipinski definition) is 3. The molecule has 2 unspecified atom stereocenters. The van der Waals surface area contributed by atoms with E-state index in [1.807, 2.05) is 31.2 Å². The highest BCUT2D eigenvalue weighted by Crippen LogP contribution is 2.28. The molecule has 0 saturated heterocycles. The Labute approximate surface area is 141 Å². The Bertz CT molecular complexity index is 700. The first kappa shape index (κ1) is 16.5. The number of hydrogen-bond donors (Lipinski definition) is 3. The van der Waals surface area contributed by atoms with E-state index < -0.39 is 6.04 Å². The summed E-state index contributed by atoms with van der Waals surface area (Å²) in [6.07, 6.45) is 4.20. The Balaban J connectivity index is 1.71. The van der Waals surface area contributed by atoms with Gasteiger partial charge in [-0.3, -0.25) is 9.59 Å². The molecule has 2 amide bonds. The third-order valence-corrected chi connectivity index (χ3v) is 4.69. The number of carbonyl (C=O) groups excluding carboxylic acids is 2. The summed E-state index contributed by atoms with van der Waals surface area (Å²) < 4.78 is 0. The molecule has 0 bridgehead atoms. The van der Waals surface area contributed by atoms with Crippen LogP contribution in [0, 0.1) is 5.92 Å². The van der Waals surface area contributed by atoms with Crippen LogP contribution in [0.1, 0.15) is 51.4 Å². The van der Waals surface area contributed by atoms with Crippen molar-refractivity contribution in [1.29, 1.82) is 0 Å². The summed E-state index contributed by atoms with van der Waals surface area (Å²) in [5.74, 6) is 0.637. The van der Waals surface area contributed by atoms with Crippen LogP contribution in [-0.2, 0) is 9.59 Å². The number of benzene rings is 1.